The number of nitrogens with zero attached hydrogens (tertiary/aromatic N) is 1. The Balaban J connectivity index is 2.33. The van der Waals surface area contributed by atoms with E-state index in [-0.39, 0.29) is 11.5 Å². The van der Waals surface area contributed by atoms with E-state index in [1.807, 2.05) is 11.8 Å². The molecule has 1 unspecified atom stereocenters. The van der Waals surface area contributed by atoms with Gasteiger partial charge in [0, 0.05) is 30.8 Å². The van der Waals surface area contributed by atoms with E-state index in [9.17, 15) is 5.11 Å². The Morgan fingerprint density at radius 1 is 1.58 bits per heavy atom. The van der Waals surface area contributed by atoms with Crippen LogP contribution in [0.1, 0.15) is 13.8 Å². The van der Waals surface area contributed by atoms with E-state index in [0.29, 0.717) is 0 Å². The van der Waals surface area contributed by atoms with Gasteiger partial charge in [0.15, 0.2) is 0 Å². The van der Waals surface area contributed by atoms with Crippen LogP contribution >= 0.6 is 11.8 Å². The van der Waals surface area contributed by atoms with Crippen LogP contribution in [-0.2, 0) is 0 Å². The zero-order chi connectivity index (χ0) is 9.19. The first-order valence-electron chi connectivity index (χ1n) is 4.45. The lowest BCUT2D eigenvalue weighted by atomic mass is 9.90. The van der Waals surface area contributed by atoms with Crippen LogP contribution < -0.4 is 0 Å². The maximum absolute atomic E-state index is 9.68. The molecule has 12 heavy (non-hydrogen) atoms. The second-order valence-corrected chi connectivity index (χ2v) is 5.22. The molecule has 3 heteroatoms. The summed E-state index contributed by atoms with van der Waals surface area (Å²) in [5.74, 6) is 1.17. The summed E-state index contributed by atoms with van der Waals surface area (Å²) in [7, 11) is 0. The quantitative estimate of drug-likeness (QED) is 0.718. The van der Waals surface area contributed by atoms with Gasteiger partial charge < -0.3 is 5.11 Å². The monoisotopic (exact) mass is 189 g/mol. The van der Waals surface area contributed by atoms with Crippen LogP contribution in [0.2, 0.25) is 0 Å². The van der Waals surface area contributed by atoms with Gasteiger partial charge in [-0.3, -0.25) is 4.90 Å². The Morgan fingerprint density at radius 2 is 2.25 bits per heavy atom. The molecule has 1 saturated heterocycles. The number of β-amino-alcohol motifs (C(OH)–C–C–N with tert-alkyl or cyclic N) is 1. The summed E-state index contributed by atoms with van der Waals surface area (Å²) in [6.45, 7) is 7.28. The maximum Gasteiger partial charge on any atom is 0.0730 e. The maximum atomic E-state index is 9.68. The van der Waals surface area contributed by atoms with Gasteiger partial charge in [0.05, 0.1) is 6.10 Å². The highest BCUT2D eigenvalue weighted by molar-refractivity contribution is 7.98. The van der Waals surface area contributed by atoms with Gasteiger partial charge in [-0.05, 0) is 6.26 Å². The van der Waals surface area contributed by atoms with Crippen molar-refractivity contribution in [1.29, 1.82) is 0 Å². The Bertz CT molecular complexity index is 149. The third-order valence-electron chi connectivity index (χ3n) is 2.58. The second-order valence-electron chi connectivity index (χ2n) is 4.23. The number of rotatable bonds is 3. The van der Waals surface area contributed by atoms with Crippen LogP contribution in [0.15, 0.2) is 0 Å². The van der Waals surface area contributed by atoms with Crippen molar-refractivity contribution in [1.82, 2.24) is 4.90 Å². The van der Waals surface area contributed by atoms with E-state index in [1.165, 1.54) is 5.75 Å². The first kappa shape index (κ1) is 10.4. The lowest BCUT2D eigenvalue weighted by Crippen LogP contribution is -2.26. The van der Waals surface area contributed by atoms with E-state index in [4.69, 9.17) is 0 Å². The molecule has 0 aromatic carbocycles. The van der Waals surface area contributed by atoms with Crippen molar-refractivity contribution in [2.75, 3.05) is 31.6 Å². The number of aliphatic hydroxyl groups is 1. The average molecular weight is 189 g/mol. The molecular weight excluding hydrogens is 170 g/mol. The highest BCUT2D eigenvalue weighted by Crippen LogP contribution is 2.29. The zero-order valence-corrected chi connectivity index (χ0v) is 9.02. The van der Waals surface area contributed by atoms with Gasteiger partial charge in [0.2, 0.25) is 0 Å². The van der Waals surface area contributed by atoms with Crippen LogP contribution in [0.25, 0.3) is 0 Å². The number of thioether (sulfide) groups is 1. The first-order chi connectivity index (χ1) is 5.56. The largest absolute Gasteiger partial charge is 0.391 e. The molecular formula is C9H19NOS. The fourth-order valence-electron chi connectivity index (χ4n) is 1.63. The minimum atomic E-state index is -0.139. The van der Waals surface area contributed by atoms with Crippen molar-refractivity contribution >= 4 is 11.8 Å². The summed E-state index contributed by atoms with van der Waals surface area (Å²) < 4.78 is 0. The van der Waals surface area contributed by atoms with Gasteiger partial charge >= 0.3 is 0 Å². The molecule has 1 fully saturated rings. The molecule has 1 N–H and O–H groups in total. The minimum absolute atomic E-state index is 0.0956. The summed E-state index contributed by atoms with van der Waals surface area (Å²) in [6.07, 6.45) is 1.98. The summed E-state index contributed by atoms with van der Waals surface area (Å²) >= 11 is 1.87. The summed E-state index contributed by atoms with van der Waals surface area (Å²) in [5.41, 5.74) is 0.0956. The Labute approximate surface area is 79.3 Å². The van der Waals surface area contributed by atoms with Crippen LogP contribution in [0.3, 0.4) is 0 Å². The van der Waals surface area contributed by atoms with E-state index in [2.05, 4.69) is 25.0 Å². The molecule has 0 radical (unpaired) electrons. The van der Waals surface area contributed by atoms with Crippen molar-refractivity contribution in [2.45, 2.75) is 20.0 Å². The van der Waals surface area contributed by atoms with Gasteiger partial charge in [0.1, 0.15) is 0 Å². The molecule has 1 atom stereocenters. The van der Waals surface area contributed by atoms with E-state index in [0.717, 1.165) is 19.6 Å². The van der Waals surface area contributed by atoms with E-state index in [1.54, 1.807) is 0 Å². The lowest BCUT2D eigenvalue weighted by Gasteiger charge is -2.21. The Morgan fingerprint density at radius 3 is 2.67 bits per heavy atom. The fourth-order valence-corrected chi connectivity index (χ4v) is 2.07. The van der Waals surface area contributed by atoms with Crippen LogP contribution in [0, 0.1) is 5.41 Å². The molecule has 1 aliphatic rings. The first-order valence-corrected chi connectivity index (χ1v) is 5.85. The SMILES string of the molecule is CSCCN1CC(O)C(C)(C)C1. The highest BCUT2D eigenvalue weighted by Gasteiger charge is 2.37. The number of likely N-dealkylation sites (tertiary alicyclic amines) is 1. The molecule has 2 nitrogen and oxygen atoms in total. The number of hydrogen-bond donors (Lipinski definition) is 1. The molecule has 0 aromatic rings. The second kappa shape index (κ2) is 3.99. The molecule has 72 valence electrons. The Hall–Kier alpha value is 0.270. The van der Waals surface area contributed by atoms with Crippen LogP contribution in [0.4, 0.5) is 0 Å². The molecule has 0 aliphatic carbocycles. The predicted molar refractivity (Wildman–Crippen MR) is 54.6 cm³/mol. The van der Waals surface area contributed by atoms with Gasteiger partial charge in [-0.15, -0.1) is 0 Å². The van der Waals surface area contributed by atoms with E-state index < -0.39 is 0 Å². The zero-order valence-electron chi connectivity index (χ0n) is 8.21. The van der Waals surface area contributed by atoms with Gasteiger partial charge in [-0.2, -0.15) is 11.8 Å². The standard InChI is InChI=1S/C9H19NOS/c1-9(2)7-10(4-5-12-3)6-8(9)11/h8,11H,4-7H2,1-3H3. The van der Waals surface area contributed by atoms with Crippen molar-refractivity contribution in [3.8, 4) is 0 Å². The molecule has 0 bridgehead atoms. The summed E-state index contributed by atoms with van der Waals surface area (Å²) in [5, 5.41) is 9.68. The van der Waals surface area contributed by atoms with Crippen molar-refractivity contribution in [3.63, 3.8) is 0 Å². The third kappa shape index (κ3) is 2.38. The molecule has 0 amide bonds. The minimum Gasteiger partial charge on any atom is -0.391 e. The van der Waals surface area contributed by atoms with Crippen molar-refractivity contribution in [2.24, 2.45) is 5.41 Å². The van der Waals surface area contributed by atoms with E-state index >= 15 is 0 Å². The van der Waals surface area contributed by atoms with Crippen molar-refractivity contribution in [3.05, 3.63) is 0 Å². The van der Waals surface area contributed by atoms with Crippen LogP contribution in [-0.4, -0.2) is 47.8 Å². The lowest BCUT2D eigenvalue weighted by molar-refractivity contribution is 0.0956. The van der Waals surface area contributed by atoms with Gasteiger partial charge in [-0.25, -0.2) is 0 Å². The molecule has 0 saturated carbocycles. The third-order valence-corrected chi connectivity index (χ3v) is 3.17. The Kier molecular flexibility index (Phi) is 3.44. The smallest absolute Gasteiger partial charge is 0.0730 e. The van der Waals surface area contributed by atoms with Crippen LogP contribution in [0.5, 0.6) is 0 Å². The normalized spacial score (nSPS) is 29.5. The topological polar surface area (TPSA) is 23.5 Å². The van der Waals surface area contributed by atoms with Crippen molar-refractivity contribution < 1.29 is 5.11 Å². The summed E-state index contributed by atoms with van der Waals surface area (Å²) in [4.78, 5) is 2.35. The molecule has 1 aliphatic heterocycles. The molecule has 1 rings (SSSR count). The van der Waals surface area contributed by atoms with Gasteiger partial charge in [0.25, 0.3) is 0 Å². The summed E-state index contributed by atoms with van der Waals surface area (Å²) in [6, 6.07) is 0. The molecule has 0 aromatic heterocycles. The van der Waals surface area contributed by atoms with Gasteiger partial charge in [-0.1, -0.05) is 13.8 Å². The molecule has 0 spiro atoms. The molecule has 1 heterocycles. The fraction of sp³-hybridized carbons (Fsp3) is 1.00. The highest BCUT2D eigenvalue weighted by atomic mass is 32.2. The number of hydrogen-bond acceptors (Lipinski definition) is 3. The predicted octanol–water partition coefficient (Wildman–Crippen LogP) is 1.05. The number of aliphatic hydroxyl groups excluding tert-OH is 1. The average Bonchev–Trinajstić information content (AvgIpc) is 2.22.